The Morgan fingerprint density at radius 3 is 2.11 bits per heavy atom. The third-order valence-electron chi connectivity index (χ3n) is 1.77. The van der Waals surface area contributed by atoms with Crippen LogP contribution in [0.1, 0.15) is 27.2 Å². The maximum absolute atomic E-state index is 7.50. The second-order valence-corrected chi connectivity index (χ2v) is 2.77. The summed E-state index contributed by atoms with van der Waals surface area (Å²) in [4.78, 5) is 0. The Balaban J connectivity index is 3.80. The van der Waals surface area contributed by atoms with Gasteiger partial charge in [0.05, 0.1) is 5.60 Å². The van der Waals surface area contributed by atoms with Crippen molar-refractivity contribution in [3.63, 3.8) is 0 Å². The minimum atomic E-state index is -0.283. The summed E-state index contributed by atoms with van der Waals surface area (Å²) in [6.45, 7) is 5.88. The van der Waals surface area contributed by atoms with Gasteiger partial charge >= 0.3 is 0 Å². The quantitative estimate of drug-likeness (QED) is 0.569. The van der Waals surface area contributed by atoms with Crippen molar-refractivity contribution < 1.29 is 4.74 Å². The Hall–Kier alpha value is -0.0800. The molecule has 0 bridgehead atoms. The molecule has 0 rings (SSSR count). The molecule has 1 N–H and O–H groups in total. The standard InChI is InChI=1S/C7H16NO/c1-5-6(8)7(2,3)9-4/h6,8H,5H2,1-4H3/t6-/m0/s1. The third-order valence-corrected chi connectivity index (χ3v) is 1.77. The molecule has 0 fully saturated rings. The summed E-state index contributed by atoms with van der Waals surface area (Å²) in [5.74, 6) is 0. The van der Waals surface area contributed by atoms with E-state index in [2.05, 4.69) is 0 Å². The van der Waals surface area contributed by atoms with Crippen molar-refractivity contribution in [1.82, 2.24) is 5.73 Å². The first-order chi connectivity index (χ1) is 4.04. The molecule has 0 saturated carbocycles. The van der Waals surface area contributed by atoms with E-state index in [0.29, 0.717) is 0 Å². The molecule has 2 nitrogen and oxygen atoms in total. The highest BCUT2D eigenvalue weighted by Crippen LogP contribution is 2.14. The normalized spacial score (nSPS) is 15.7. The molecule has 0 unspecified atom stereocenters. The van der Waals surface area contributed by atoms with Crippen molar-refractivity contribution in [1.29, 1.82) is 0 Å². The molecule has 0 saturated heterocycles. The Morgan fingerprint density at radius 1 is 1.56 bits per heavy atom. The van der Waals surface area contributed by atoms with E-state index in [9.17, 15) is 0 Å². The van der Waals surface area contributed by atoms with Crippen molar-refractivity contribution in [2.24, 2.45) is 0 Å². The van der Waals surface area contributed by atoms with Gasteiger partial charge in [-0.15, -0.1) is 0 Å². The van der Waals surface area contributed by atoms with Gasteiger partial charge in [0.1, 0.15) is 0 Å². The van der Waals surface area contributed by atoms with Crippen LogP contribution >= 0.6 is 0 Å². The van der Waals surface area contributed by atoms with Crippen LogP contribution < -0.4 is 5.73 Å². The molecule has 0 aromatic carbocycles. The smallest absolute Gasteiger partial charge is 0.0788 e. The number of hydrogen-bond donors (Lipinski definition) is 0. The Kier molecular flexibility index (Phi) is 3.15. The van der Waals surface area contributed by atoms with Gasteiger partial charge in [-0.25, -0.2) is 0 Å². The van der Waals surface area contributed by atoms with Crippen molar-refractivity contribution >= 4 is 0 Å². The number of nitrogens with one attached hydrogen (secondary N) is 1. The van der Waals surface area contributed by atoms with Crippen LogP contribution in [0.4, 0.5) is 0 Å². The predicted octanol–water partition coefficient (Wildman–Crippen LogP) is 1.47. The first-order valence-corrected chi connectivity index (χ1v) is 3.31. The van der Waals surface area contributed by atoms with Crippen molar-refractivity contribution in [3.8, 4) is 0 Å². The lowest BCUT2D eigenvalue weighted by atomic mass is 9.97. The van der Waals surface area contributed by atoms with Crippen LogP contribution in [0.15, 0.2) is 0 Å². The Morgan fingerprint density at radius 2 is 2.00 bits per heavy atom. The predicted molar refractivity (Wildman–Crippen MR) is 38.3 cm³/mol. The molecule has 2 heteroatoms. The third kappa shape index (κ3) is 2.33. The first-order valence-electron chi connectivity index (χ1n) is 3.31. The van der Waals surface area contributed by atoms with Gasteiger partial charge in [0.15, 0.2) is 0 Å². The van der Waals surface area contributed by atoms with E-state index in [1.165, 1.54) is 0 Å². The van der Waals surface area contributed by atoms with E-state index in [1.807, 2.05) is 20.8 Å². The average molecular weight is 130 g/mol. The highest BCUT2D eigenvalue weighted by atomic mass is 16.5. The monoisotopic (exact) mass is 130 g/mol. The second kappa shape index (κ2) is 3.18. The van der Waals surface area contributed by atoms with Crippen LogP contribution in [-0.4, -0.2) is 18.8 Å². The van der Waals surface area contributed by atoms with Crippen LogP contribution in [0.5, 0.6) is 0 Å². The van der Waals surface area contributed by atoms with Crippen LogP contribution in [-0.2, 0) is 4.74 Å². The van der Waals surface area contributed by atoms with Crippen LogP contribution in [0, 0.1) is 0 Å². The average Bonchev–Trinajstić information content (AvgIpc) is 1.86. The van der Waals surface area contributed by atoms with E-state index in [1.54, 1.807) is 7.11 Å². The Bertz CT molecular complexity index is 81.0. The minimum Gasteiger partial charge on any atom is -0.377 e. The van der Waals surface area contributed by atoms with E-state index in [-0.39, 0.29) is 11.6 Å². The van der Waals surface area contributed by atoms with Crippen LogP contribution in [0.2, 0.25) is 0 Å². The number of methoxy groups -OCH3 is 1. The zero-order valence-electron chi connectivity index (χ0n) is 6.69. The van der Waals surface area contributed by atoms with Gasteiger partial charge in [0.2, 0.25) is 0 Å². The fraction of sp³-hybridized carbons (Fsp3) is 1.00. The maximum atomic E-state index is 7.50. The molecule has 0 aliphatic carbocycles. The van der Waals surface area contributed by atoms with Crippen LogP contribution in [0.3, 0.4) is 0 Å². The van der Waals surface area contributed by atoms with Gasteiger partial charge in [0.25, 0.3) is 0 Å². The van der Waals surface area contributed by atoms with Gasteiger partial charge in [-0.3, -0.25) is 5.73 Å². The second-order valence-electron chi connectivity index (χ2n) is 2.77. The number of rotatable bonds is 3. The summed E-state index contributed by atoms with van der Waals surface area (Å²) in [5.41, 5.74) is 7.22. The molecule has 0 amide bonds. The number of hydrogen-bond acceptors (Lipinski definition) is 1. The van der Waals surface area contributed by atoms with Crippen LogP contribution in [0.25, 0.3) is 0 Å². The SMILES string of the molecule is CC[C@H]([NH])C(C)(C)OC. The number of ether oxygens (including phenoxy) is 1. The zero-order valence-corrected chi connectivity index (χ0v) is 6.69. The summed E-state index contributed by atoms with van der Waals surface area (Å²) in [5, 5.41) is 0. The first kappa shape index (κ1) is 8.92. The highest BCUT2D eigenvalue weighted by molar-refractivity contribution is 4.79. The molecule has 0 aromatic heterocycles. The zero-order chi connectivity index (χ0) is 7.49. The van der Waals surface area contributed by atoms with Gasteiger partial charge in [-0.1, -0.05) is 6.92 Å². The van der Waals surface area contributed by atoms with Gasteiger partial charge < -0.3 is 4.74 Å². The lowest BCUT2D eigenvalue weighted by Gasteiger charge is -2.28. The van der Waals surface area contributed by atoms with E-state index < -0.39 is 0 Å². The highest BCUT2D eigenvalue weighted by Gasteiger charge is 2.24. The fourth-order valence-electron chi connectivity index (χ4n) is 0.634. The van der Waals surface area contributed by atoms with Crippen molar-refractivity contribution in [2.75, 3.05) is 7.11 Å². The summed E-state index contributed by atoms with van der Waals surface area (Å²) >= 11 is 0. The fourth-order valence-corrected chi connectivity index (χ4v) is 0.634. The molecular formula is C7H16NO. The molecule has 0 heterocycles. The van der Waals surface area contributed by atoms with E-state index in [4.69, 9.17) is 10.5 Å². The van der Waals surface area contributed by atoms with Gasteiger partial charge in [0, 0.05) is 13.2 Å². The van der Waals surface area contributed by atoms with Gasteiger partial charge in [-0.05, 0) is 20.3 Å². The lowest BCUT2D eigenvalue weighted by Crippen LogP contribution is -2.38. The maximum Gasteiger partial charge on any atom is 0.0788 e. The van der Waals surface area contributed by atoms with Crippen molar-refractivity contribution in [3.05, 3.63) is 0 Å². The van der Waals surface area contributed by atoms with Gasteiger partial charge in [-0.2, -0.15) is 0 Å². The molecule has 0 aliphatic heterocycles. The minimum absolute atomic E-state index is 0.109. The van der Waals surface area contributed by atoms with E-state index in [0.717, 1.165) is 6.42 Å². The summed E-state index contributed by atoms with van der Waals surface area (Å²) in [7, 11) is 1.65. The molecule has 1 radical (unpaired) electrons. The topological polar surface area (TPSA) is 33.0 Å². The molecule has 0 spiro atoms. The summed E-state index contributed by atoms with van der Waals surface area (Å²) < 4.78 is 5.10. The Labute approximate surface area is 57.4 Å². The molecule has 0 aromatic rings. The molecular weight excluding hydrogens is 114 g/mol. The molecule has 9 heavy (non-hydrogen) atoms. The van der Waals surface area contributed by atoms with E-state index >= 15 is 0 Å². The summed E-state index contributed by atoms with van der Waals surface area (Å²) in [6.07, 6.45) is 0.848. The lowest BCUT2D eigenvalue weighted by molar-refractivity contribution is -0.00226. The molecule has 0 aliphatic rings. The molecule has 1 atom stereocenters. The summed E-state index contributed by atoms with van der Waals surface area (Å²) in [6, 6.07) is -0.109. The molecule has 55 valence electrons. The largest absolute Gasteiger partial charge is 0.377 e. The van der Waals surface area contributed by atoms with Crippen molar-refractivity contribution in [2.45, 2.75) is 38.8 Å².